The standard InChI is InChI=1S/C26H26N6O.2ClH/c1-17-9-22(21-6-4-5-20(10-21)13-27)26-29-25(30-32(26)14-17)12-19-7-8-23(24(11-19)33-3)31-15-18(2)28-16-31;;/h4-11,14-16H,12-13,27H2,1-3H3;2*1H. The van der Waals surface area contributed by atoms with E-state index < -0.39 is 0 Å². The summed E-state index contributed by atoms with van der Waals surface area (Å²) in [5.74, 6) is 1.54. The van der Waals surface area contributed by atoms with Crippen LogP contribution in [-0.4, -0.2) is 31.3 Å². The lowest BCUT2D eigenvalue weighted by Crippen LogP contribution is -1.98. The van der Waals surface area contributed by atoms with E-state index in [0.717, 1.165) is 56.4 Å². The zero-order valence-corrected chi connectivity index (χ0v) is 21.4. The highest BCUT2D eigenvalue weighted by Gasteiger charge is 2.14. The van der Waals surface area contributed by atoms with E-state index >= 15 is 0 Å². The molecule has 0 unspecified atom stereocenters. The molecule has 5 rings (SSSR count). The monoisotopic (exact) mass is 510 g/mol. The maximum absolute atomic E-state index is 5.85. The summed E-state index contributed by atoms with van der Waals surface area (Å²) in [5.41, 5.74) is 14.0. The molecule has 0 aliphatic rings. The smallest absolute Gasteiger partial charge is 0.163 e. The SMILES string of the molecule is COc1cc(Cc2nc3c(-c4cccc(CN)c4)cc(C)cn3n2)ccc1-n1cnc(C)c1.Cl.Cl. The third-order valence-electron chi connectivity index (χ3n) is 5.68. The van der Waals surface area contributed by atoms with Crippen LogP contribution in [0.2, 0.25) is 0 Å². The maximum Gasteiger partial charge on any atom is 0.163 e. The number of benzene rings is 2. The highest BCUT2D eigenvalue weighted by molar-refractivity contribution is 5.85. The van der Waals surface area contributed by atoms with Crippen LogP contribution in [-0.2, 0) is 13.0 Å². The maximum atomic E-state index is 5.85. The molecule has 3 heterocycles. The number of hydrogen-bond acceptors (Lipinski definition) is 5. The van der Waals surface area contributed by atoms with E-state index in [-0.39, 0.29) is 24.8 Å². The molecule has 0 aliphatic heterocycles. The third-order valence-corrected chi connectivity index (χ3v) is 5.68. The Balaban J connectivity index is 0.00000171. The van der Waals surface area contributed by atoms with Crippen LogP contribution < -0.4 is 10.5 Å². The molecule has 0 saturated carbocycles. The number of hydrogen-bond donors (Lipinski definition) is 1. The summed E-state index contributed by atoms with van der Waals surface area (Å²) in [4.78, 5) is 9.20. The number of nitrogens with zero attached hydrogens (tertiary/aromatic N) is 5. The second kappa shape index (κ2) is 10.9. The van der Waals surface area contributed by atoms with Gasteiger partial charge in [0.1, 0.15) is 5.75 Å². The molecule has 5 aromatic rings. The highest BCUT2D eigenvalue weighted by atomic mass is 35.5. The van der Waals surface area contributed by atoms with Crippen molar-refractivity contribution in [2.75, 3.05) is 7.11 Å². The molecule has 0 bridgehead atoms. The van der Waals surface area contributed by atoms with Gasteiger partial charge in [0.15, 0.2) is 11.5 Å². The fraction of sp³-hybridized carbons (Fsp3) is 0.192. The molecule has 0 aliphatic carbocycles. The van der Waals surface area contributed by atoms with Crippen molar-refractivity contribution in [1.29, 1.82) is 0 Å². The summed E-state index contributed by atoms with van der Waals surface area (Å²) in [6.45, 7) is 4.54. The first-order chi connectivity index (χ1) is 16.0. The van der Waals surface area contributed by atoms with Gasteiger partial charge in [-0.1, -0.05) is 24.3 Å². The number of fused-ring (bicyclic) bond motifs is 1. The van der Waals surface area contributed by atoms with Crippen LogP contribution in [0.4, 0.5) is 0 Å². The summed E-state index contributed by atoms with van der Waals surface area (Å²) in [7, 11) is 1.68. The molecule has 9 heteroatoms. The van der Waals surface area contributed by atoms with E-state index in [1.165, 1.54) is 0 Å². The van der Waals surface area contributed by atoms with Gasteiger partial charge in [0.25, 0.3) is 0 Å². The summed E-state index contributed by atoms with van der Waals surface area (Å²) >= 11 is 0. The quantitative estimate of drug-likeness (QED) is 0.343. The van der Waals surface area contributed by atoms with E-state index in [2.05, 4.69) is 36.2 Å². The van der Waals surface area contributed by atoms with Gasteiger partial charge < -0.3 is 15.0 Å². The first kappa shape index (κ1) is 26.2. The molecule has 35 heavy (non-hydrogen) atoms. The highest BCUT2D eigenvalue weighted by Crippen LogP contribution is 2.28. The van der Waals surface area contributed by atoms with Gasteiger partial charge >= 0.3 is 0 Å². The Morgan fingerprint density at radius 1 is 0.971 bits per heavy atom. The van der Waals surface area contributed by atoms with Gasteiger partial charge in [0, 0.05) is 30.9 Å². The molecule has 2 N–H and O–H groups in total. The van der Waals surface area contributed by atoms with Crippen LogP contribution in [0, 0.1) is 13.8 Å². The largest absolute Gasteiger partial charge is 0.495 e. The third kappa shape index (κ3) is 5.32. The Morgan fingerprint density at radius 3 is 2.51 bits per heavy atom. The number of methoxy groups -OCH3 is 1. The number of aromatic nitrogens is 5. The predicted octanol–water partition coefficient (Wildman–Crippen LogP) is 5.10. The Hall–Kier alpha value is -3.39. The molecule has 7 nitrogen and oxygen atoms in total. The normalized spacial score (nSPS) is 10.6. The van der Waals surface area contributed by atoms with Gasteiger partial charge in [-0.15, -0.1) is 24.8 Å². The van der Waals surface area contributed by atoms with E-state index in [1.807, 2.05) is 52.7 Å². The van der Waals surface area contributed by atoms with Gasteiger partial charge in [-0.2, -0.15) is 5.10 Å². The lowest BCUT2D eigenvalue weighted by molar-refractivity contribution is 0.412. The lowest BCUT2D eigenvalue weighted by atomic mass is 10.0. The summed E-state index contributed by atoms with van der Waals surface area (Å²) in [5, 5.41) is 4.76. The minimum Gasteiger partial charge on any atom is -0.495 e. The van der Waals surface area contributed by atoms with Crippen LogP contribution in [0.1, 0.15) is 28.2 Å². The molecular formula is C26H28Cl2N6O. The molecule has 0 radical (unpaired) electrons. The van der Waals surface area contributed by atoms with Crippen molar-refractivity contribution in [3.63, 3.8) is 0 Å². The number of nitrogens with two attached hydrogens (primary N) is 1. The average Bonchev–Trinajstić information content (AvgIpc) is 3.43. The number of imidazole rings is 1. The Bertz CT molecular complexity index is 1460. The molecule has 3 aromatic heterocycles. The van der Waals surface area contributed by atoms with Crippen molar-refractivity contribution >= 4 is 30.5 Å². The van der Waals surface area contributed by atoms with Gasteiger partial charge in [0.05, 0.1) is 24.8 Å². The van der Waals surface area contributed by atoms with E-state index in [0.29, 0.717) is 13.0 Å². The number of halogens is 2. The van der Waals surface area contributed by atoms with Gasteiger partial charge in [-0.3, -0.25) is 0 Å². The molecule has 2 aromatic carbocycles. The second-order valence-corrected chi connectivity index (χ2v) is 8.24. The Morgan fingerprint density at radius 2 is 1.80 bits per heavy atom. The molecule has 0 fully saturated rings. The topological polar surface area (TPSA) is 83.3 Å². The van der Waals surface area contributed by atoms with Crippen LogP contribution in [0.15, 0.2) is 67.3 Å². The molecule has 0 atom stereocenters. The molecule has 0 spiro atoms. The molecule has 0 saturated heterocycles. The fourth-order valence-electron chi connectivity index (χ4n) is 4.10. The number of aryl methyl sites for hydroxylation is 2. The first-order valence-corrected chi connectivity index (χ1v) is 10.9. The van der Waals surface area contributed by atoms with Crippen molar-refractivity contribution in [3.05, 3.63) is 95.5 Å². The number of ether oxygens (including phenoxy) is 1. The minimum absolute atomic E-state index is 0. The van der Waals surface area contributed by atoms with Crippen molar-refractivity contribution in [2.45, 2.75) is 26.8 Å². The van der Waals surface area contributed by atoms with Crippen LogP contribution in [0.25, 0.3) is 22.5 Å². The zero-order chi connectivity index (χ0) is 22.9. The second-order valence-electron chi connectivity index (χ2n) is 8.24. The first-order valence-electron chi connectivity index (χ1n) is 10.9. The lowest BCUT2D eigenvalue weighted by Gasteiger charge is -2.10. The molecule has 0 amide bonds. The molecule has 182 valence electrons. The van der Waals surface area contributed by atoms with Crippen molar-refractivity contribution in [1.82, 2.24) is 24.1 Å². The average molecular weight is 511 g/mol. The van der Waals surface area contributed by atoms with Crippen molar-refractivity contribution in [3.8, 4) is 22.6 Å². The van der Waals surface area contributed by atoms with Crippen molar-refractivity contribution < 1.29 is 4.74 Å². The fourth-order valence-corrected chi connectivity index (χ4v) is 4.10. The van der Waals surface area contributed by atoms with Crippen LogP contribution in [0.5, 0.6) is 5.75 Å². The Labute approximate surface area is 216 Å². The summed E-state index contributed by atoms with van der Waals surface area (Å²) in [6, 6.07) is 16.6. The summed E-state index contributed by atoms with van der Waals surface area (Å²) < 4.78 is 9.49. The van der Waals surface area contributed by atoms with E-state index in [9.17, 15) is 0 Å². The van der Waals surface area contributed by atoms with Gasteiger partial charge in [-0.05, 0) is 60.4 Å². The Kier molecular flexibility index (Phi) is 8.17. The van der Waals surface area contributed by atoms with Gasteiger partial charge in [-0.25, -0.2) is 14.5 Å². The van der Waals surface area contributed by atoms with Gasteiger partial charge in [0.2, 0.25) is 0 Å². The summed E-state index contributed by atoms with van der Waals surface area (Å²) in [6.07, 6.45) is 6.38. The van der Waals surface area contributed by atoms with E-state index in [1.54, 1.807) is 13.4 Å². The van der Waals surface area contributed by atoms with Crippen molar-refractivity contribution in [2.24, 2.45) is 5.73 Å². The van der Waals surface area contributed by atoms with Crippen LogP contribution in [0.3, 0.4) is 0 Å². The van der Waals surface area contributed by atoms with Crippen LogP contribution >= 0.6 is 24.8 Å². The number of pyridine rings is 1. The molecular weight excluding hydrogens is 483 g/mol. The zero-order valence-electron chi connectivity index (χ0n) is 19.8. The van der Waals surface area contributed by atoms with E-state index in [4.69, 9.17) is 20.6 Å². The number of rotatable bonds is 6. The minimum atomic E-state index is 0. The predicted molar refractivity (Wildman–Crippen MR) is 143 cm³/mol.